The summed E-state index contributed by atoms with van der Waals surface area (Å²) in [4.78, 5) is 4.11. The summed E-state index contributed by atoms with van der Waals surface area (Å²) in [6.45, 7) is 3.11. The third-order valence-electron chi connectivity index (χ3n) is 3.31. The molecule has 1 fully saturated rings. The molecular formula is C14H15FN6. The highest BCUT2D eigenvalue weighted by atomic mass is 19.1. The first kappa shape index (κ1) is 14.8. The van der Waals surface area contributed by atoms with Crippen LogP contribution in [0, 0.1) is 28.5 Å². The third-order valence-corrected chi connectivity index (χ3v) is 3.31. The third kappa shape index (κ3) is 3.47. The van der Waals surface area contributed by atoms with Gasteiger partial charge in [0, 0.05) is 26.2 Å². The van der Waals surface area contributed by atoms with Crippen LogP contribution in [0.15, 0.2) is 23.3 Å². The Morgan fingerprint density at radius 2 is 1.90 bits per heavy atom. The summed E-state index contributed by atoms with van der Waals surface area (Å²) in [5.74, 6) is -0.352. The summed E-state index contributed by atoms with van der Waals surface area (Å²) in [7, 11) is 2.02. The minimum atomic E-state index is -0.352. The van der Waals surface area contributed by atoms with Gasteiger partial charge in [-0.2, -0.15) is 15.6 Å². The summed E-state index contributed by atoms with van der Waals surface area (Å²) in [5, 5.41) is 21.0. The summed E-state index contributed by atoms with van der Waals surface area (Å²) < 4.78 is 14.1. The van der Waals surface area contributed by atoms with Crippen molar-refractivity contribution >= 4 is 17.1 Å². The Balaban J connectivity index is 2.27. The Labute approximate surface area is 122 Å². The van der Waals surface area contributed by atoms with Gasteiger partial charge in [-0.05, 0) is 19.2 Å². The second-order valence-electron chi connectivity index (χ2n) is 4.72. The molecule has 108 valence electrons. The fraction of sp³-hybridized carbons (Fsp3) is 0.357. The van der Waals surface area contributed by atoms with Gasteiger partial charge in [0.1, 0.15) is 18.0 Å². The van der Waals surface area contributed by atoms with E-state index in [0.717, 1.165) is 13.1 Å². The fourth-order valence-electron chi connectivity index (χ4n) is 2.15. The zero-order valence-corrected chi connectivity index (χ0v) is 11.7. The Morgan fingerprint density at radius 1 is 1.24 bits per heavy atom. The van der Waals surface area contributed by atoms with E-state index in [2.05, 4.69) is 15.4 Å². The van der Waals surface area contributed by atoms with Crippen molar-refractivity contribution in [3.05, 3.63) is 24.0 Å². The molecule has 0 atom stereocenters. The molecule has 1 aliphatic rings. The topological polar surface area (TPSA) is 78.4 Å². The zero-order chi connectivity index (χ0) is 15.2. The van der Waals surface area contributed by atoms with Crippen LogP contribution < -0.4 is 10.3 Å². The van der Waals surface area contributed by atoms with Gasteiger partial charge >= 0.3 is 0 Å². The van der Waals surface area contributed by atoms with E-state index >= 15 is 0 Å². The first-order valence-corrected chi connectivity index (χ1v) is 6.51. The van der Waals surface area contributed by atoms with Gasteiger partial charge in [0.25, 0.3) is 0 Å². The van der Waals surface area contributed by atoms with Gasteiger partial charge in [0.2, 0.25) is 5.71 Å². The maximum atomic E-state index is 14.1. The molecule has 6 nitrogen and oxygen atoms in total. The largest absolute Gasteiger partial charge is 0.365 e. The second kappa shape index (κ2) is 6.69. The van der Waals surface area contributed by atoms with Crippen LogP contribution in [-0.4, -0.2) is 43.8 Å². The van der Waals surface area contributed by atoms with E-state index in [1.54, 1.807) is 24.3 Å². The molecule has 0 aliphatic carbocycles. The lowest BCUT2D eigenvalue weighted by molar-refractivity contribution is 0.312. The predicted molar refractivity (Wildman–Crippen MR) is 78.4 cm³/mol. The van der Waals surface area contributed by atoms with Gasteiger partial charge in [-0.25, -0.2) is 4.39 Å². The molecule has 1 N–H and O–H groups in total. The van der Waals surface area contributed by atoms with E-state index in [1.807, 2.05) is 11.9 Å². The van der Waals surface area contributed by atoms with Crippen LogP contribution in [0.2, 0.25) is 0 Å². The Bertz CT molecular complexity index is 603. The minimum Gasteiger partial charge on any atom is -0.365 e. The van der Waals surface area contributed by atoms with Gasteiger partial charge in [-0.1, -0.05) is 6.07 Å². The van der Waals surface area contributed by atoms with E-state index in [4.69, 9.17) is 10.5 Å². The lowest BCUT2D eigenvalue weighted by atomic mass is 10.2. The molecule has 1 aliphatic heterocycles. The number of nitrogens with zero attached hydrogens (tertiary/aromatic N) is 5. The van der Waals surface area contributed by atoms with E-state index < -0.39 is 0 Å². The number of rotatable bonds is 3. The minimum absolute atomic E-state index is 0.302. The van der Waals surface area contributed by atoms with Gasteiger partial charge in [-0.15, -0.1) is 0 Å². The molecule has 21 heavy (non-hydrogen) atoms. The molecule has 0 amide bonds. The zero-order valence-electron chi connectivity index (χ0n) is 11.7. The molecule has 7 heteroatoms. The number of hydrazone groups is 1. The highest BCUT2D eigenvalue weighted by Crippen LogP contribution is 2.30. The molecule has 1 saturated heterocycles. The summed E-state index contributed by atoms with van der Waals surface area (Å²) in [6, 6.07) is 7.93. The van der Waals surface area contributed by atoms with Crippen molar-refractivity contribution in [1.82, 2.24) is 4.90 Å². The lowest BCUT2D eigenvalue weighted by Gasteiger charge is -2.35. The number of hydrogen-bond acceptors (Lipinski definition) is 6. The van der Waals surface area contributed by atoms with Crippen molar-refractivity contribution < 1.29 is 4.39 Å². The molecule has 0 radical (unpaired) electrons. The standard InChI is InChI=1S/C14H15FN6/c1-20-5-7-21(8-6-20)14-12(15)3-2-4-13(14)19-18-11(9-16)10-17/h2-4,19H,5-8H2,1H3. The second-order valence-corrected chi connectivity index (χ2v) is 4.72. The number of likely N-dealkylation sites (N-methyl/N-ethyl adjacent to an activating group) is 1. The highest BCUT2D eigenvalue weighted by molar-refractivity contribution is 6.10. The van der Waals surface area contributed by atoms with Crippen molar-refractivity contribution in [3.8, 4) is 12.1 Å². The maximum absolute atomic E-state index is 14.1. The quantitative estimate of drug-likeness (QED) is 0.671. The van der Waals surface area contributed by atoms with Gasteiger partial charge in [0.05, 0.1) is 11.4 Å². The lowest BCUT2D eigenvalue weighted by Crippen LogP contribution is -2.45. The number of hydrogen-bond donors (Lipinski definition) is 1. The molecular weight excluding hydrogens is 271 g/mol. The van der Waals surface area contributed by atoms with Gasteiger partial charge in [0.15, 0.2) is 0 Å². The van der Waals surface area contributed by atoms with E-state index in [9.17, 15) is 4.39 Å². The first-order valence-electron chi connectivity index (χ1n) is 6.51. The molecule has 0 bridgehead atoms. The highest BCUT2D eigenvalue weighted by Gasteiger charge is 2.20. The average Bonchev–Trinajstić information content (AvgIpc) is 2.50. The normalized spacial score (nSPS) is 15.0. The molecule has 0 saturated carbocycles. The molecule has 1 aromatic carbocycles. The fourth-order valence-corrected chi connectivity index (χ4v) is 2.15. The average molecular weight is 286 g/mol. The van der Waals surface area contributed by atoms with Crippen LogP contribution in [-0.2, 0) is 0 Å². The van der Waals surface area contributed by atoms with Gasteiger partial charge in [-0.3, -0.25) is 5.43 Å². The number of anilines is 2. The maximum Gasteiger partial charge on any atom is 0.237 e. The van der Waals surface area contributed by atoms with Crippen LogP contribution in [0.25, 0.3) is 0 Å². The van der Waals surface area contributed by atoms with E-state index in [0.29, 0.717) is 24.5 Å². The molecule has 0 spiro atoms. The SMILES string of the molecule is CN1CCN(c2c(F)cccc2NN=C(C#N)C#N)CC1. The van der Waals surface area contributed by atoms with E-state index in [1.165, 1.54) is 6.07 Å². The molecule has 2 rings (SSSR count). The van der Waals surface area contributed by atoms with Crippen LogP contribution in [0.3, 0.4) is 0 Å². The molecule has 0 aromatic heterocycles. The van der Waals surface area contributed by atoms with Crippen LogP contribution in [0.5, 0.6) is 0 Å². The number of benzene rings is 1. The number of piperazine rings is 1. The summed E-state index contributed by atoms with van der Waals surface area (Å²) >= 11 is 0. The summed E-state index contributed by atoms with van der Waals surface area (Å²) in [6.07, 6.45) is 0. The Kier molecular flexibility index (Phi) is 4.70. The van der Waals surface area contributed by atoms with Crippen molar-refractivity contribution in [1.29, 1.82) is 10.5 Å². The molecule has 1 heterocycles. The first-order chi connectivity index (χ1) is 10.2. The molecule has 0 unspecified atom stereocenters. The number of nitrogens with one attached hydrogen (secondary N) is 1. The number of para-hydroxylation sites is 1. The molecule has 1 aromatic rings. The van der Waals surface area contributed by atoms with E-state index in [-0.39, 0.29) is 11.5 Å². The smallest absolute Gasteiger partial charge is 0.237 e. The van der Waals surface area contributed by atoms with Gasteiger partial charge < -0.3 is 9.80 Å². The van der Waals surface area contributed by atoms with Crippen LogP contribution in [0.1, 0.15) is 0 Å². The monoisotopic (exact) mass is 286 g/mol. The van der Waals surface area contributed by atoms with Crippen molar-refractivity contribution in [2.75, 3.05) is 43.6 Å². The summed E-state index contributed by atoms with van der Waals surface area (Å²) in [5.41, 5.74) is 3.18. The Morgan fingerprint density at radius 3 is 2.52 bits per heavy atom. The van der Waals surface area contributed by atoms with Crippen molar-refractivity contribution in [2.45, 2.75) is 0 Å². The van der Waals surface area contributed by atoms with Crippen LogP contribution in [0.4, 0.5) is 15.8 Å². The van der Waals surface area contributed by atoms with Crippen molar-refractivity contribution in [3.63, 3.8) is 0 Å². The number of halogens is 1. The van der Waals surface area contributed by atoms with Crippen LogP contribution >= 0.6 is 0 Å². The van der Waals surface area contributed by atoms with Crippen molar-refractivity contribution in [2.24, 2.45) is 5.10 Å². The Hall–Kier alpha value is -2.64. The predicted octanol–water partition coefficient (Wildman–Crippen LogP) is 1.39. The number of nitriles is 2.